The highest BCUT2D eigenvalue weighted by Gasteiger charge is 2.10. The third kappa shape index (κ3) is 5.46. The van der Waals surface area contributed by atoms with Crippen molar-refractivity contribution in [1.29, 1.82) is 0 Å². The molecule has 0 aliphatic heterocycles. The maximum atomic E-state index is 4.63. The Morgan fingerprint density at radius 1 is 0.783 bits per heavy atom. The van der Waals surface area contributed by atoms with Crippen molar-refractivity contribution < 1.29 is 0 Å². The third-order valence-corrected chi connectivity index (χ3v) is 4.41. The van der Waals surface area contributed by atoms with Crippen molar-refractivity contribution in [2.45, 2.75) is 71.6 Å². The van der Waals surface area contributed by atoms with Gasteiger partial charge >= 0.3 is 0 Å². The van der Waals surface area contributed by atoms with Crippen LogP contribution in [0.2, 0.25) is 0 Å². The Hall–Kier alpha value is -1.70. The third-order valence-electron chi connectivity index (χ3n) is 4.41. The van der Waals surface area contributed by atoms with Crippen LogP contribution in [0, 0.1) is 0 Å². The van der Waals surface area contributed by atoms with E-state index in [9.17, 15) is 0 Å². The molecule has 124 valence electrons. The van der Waals surface area contributed by atoms with Crippen molar-refractivity contribution in [3.63, 3.8) is 0 Å². The standard InChI is InChI=1S/C21H30N2/c1-3-5-7-9-14-19-16-22-17-23-21(19)20-15-11-10-13-18(20)12-8-6-4-2/h10-11,13,15-17H,3-9,12,14H2,1-2H3. The summed E-state index contributed by atoms with van der Waals surface area (Å²) in [5.41, 5.74) is 5.17. The highest BCUT2D eigenvalue weighted by atomic mass is 14.8. The van der Waals surface area contributed by atoms with Crippen molar-refractivity contribution in [3.05, 3.63) is 47.9 Å². The molecular weight excluding hydrogens is 280 g/mol. The Balaban J connectivity index is 2.17. The summed E-state index contributed by atoms with van der Waals surface area (Å²) in [5.74, 6) is 0. The summed E-state index contributed by atoms with van der Waals surface area (Å²) in [6.45, 7) is 4.51. The Kier molecular flexibility index (Phi) is 7.79. The SMILES string of the molecule is CCCCCCc1cncnc1-c1ccccc1CCCCC. The Labute approximate surface area is 141 Å². The molecule has 0 atom stereocenters. The number of unbranched alkanes of at least 4 members (excludes halogenated alkanes) is 5. The molecule has 2 rings (SSSR count). The number of hydrogen-bond acceptors (Lipinski definition) is 2. The molecule has 0 N–H and O–H groups in total. The van der Waals surface area contributed by atoms with Crippen molar-refractivity contribution >= 4 is 0 Å². The van der Waals surface area contributed by atoms with Gasteiger partial charge in [-0.1, -0.05) is 70.2 Å². The molecule has 1 aromatic heterocycles. The number of aryl methyl sites for hydroxylation is 2. The van der Waals surface area contributed by atoms with Crippen LogP contribution in [0.25, 0.3) is 11.3 Å². The van der Waals surface area contributed by atoms with Crippen LogP contribution in [0.4, 0.5) is 0 Å². The first-order chi connectivity index (χ1) is 11.4. The van der Waals surface area contributed by atoms with E-state index in [0.717, 1.165) is 18.5 Å². The van der Waals surface area contributed by atoms with Gasteiger partial charge in [-0.2, -0.15) is 0 Å². The van der Waals surface area contributed by atoms with Gasteiger partial charge in [0.2, 0.25) is 0 Å². The zero-order valence-electron chi connectivity index (χ0n) is 14.7. The molecule has 0 spiro atoms. The maximum Gasteiger partial charge on any atom is 0.116 e. The number of nitrogens with zero attached hydrogens (tertiary/aromatic N) is 2. The molecule has 0 bridgehead atoms. The second kappa shape index (κ2) is 10.1. The lowest BCUT2D eigenvalue weighted by Crippen LogP contribution is -1.99. The van der Waals surface area contributed by atoms with Gasteiger partial charge in [-0.3, -0.25) is 0 Å². The van der Waals surface area contributed by atoms with Crippen LogP contribution in [0.3, 0.4) is 0 Å². The minimum Gasteiger partial charge on any atom is -0.244 e. The highest BCUT2D eigenvalue weighted by Crippen LogP contribution is 2.27. The summed E-state index contributed by atoms with van der Waals surface area (Å²) < 4.78 is 0. The van der Waals surface area contributed by atoms with Crippen molar-refractivity contribution in [2.24, 2.45) is 0 Å². The van der Waals surface area contributed by atoms with Crippen LogP contribution in [-0.2, 0) is 12.8 Å². The van der Waals surface area contributed by atoms with Crippen LogP contribution in [0.5, 0.6) is 0 Å². The molecule has 0 fully saturated rings. The molecule has 0 unspecified atom stereocenters. The molecule has 1 aromatic carbocycles. The van der Waals surface area contributed by atoms with E-state index in [1.807, 2.05) is 6.20 Å². The molecule has 0 aliphatic rings. The van der Waals surface area contributed by atoms with E-state index < -0.39 is 0 Å². The number of hydrogen-bond donors (Lipinski definition) is 0. The first kappa shape index (κ1) is 17.7. The van der Waals surface area contributed by atoms with E-state index in [-0.39, 0.29) is 0 Å². The lowest BCUT2D eigenvalue weighted by molar-refractivity contribution is 0.665. The molecule has 2 aromatic rings. The smallest absolute Gasteiger partial charge is 0.116 e. The van der Waals surface area contributed by atoms with Crippen LogP contribution < -0.4 is 0 Å². The molecule has 23 heavy (non-hydrogen) atoms. The molecule has 2 heteroatoms. The predicted molar refractivity (Wildman–Crippen MR) is 98.5 cm³/mol. The van der Waals surface area contributed by atoms with Crippen molar-refractivity contribution in [3.8, 4) is 11.3 Å². The predicted octanol–water partition coefficient (Wildman–Crippen LogP) is 6.00. The van der Waals surface area contributed by atoms with Gasteiger partial charge in [0.25, 0.3) is 0 Å². The number of rotatable bonds is 10. The van der Waals surface area contributed by atoms with Gasteiger partial charge in [-0.05, 0) is 36.8 Å². The topological polar surface area (TPSA) is 25.8 Å². The van der Waals surface area contributed by atoms with Crippen LogP contribution >= 0.6 is 0 Å². The largest absolute Gasteiger partial charge is 0.244 e. The van der Waals surface area contributed by atoms with Crippen LogP contribution in [-0.4, -0.2) is 9.97 Å². The number of aromatic nitrogens is 2. The van der Waals surface area contributed by atoms with Crippen LogP contribution in [0.15, 0.2) is 36.8 Å². The van der Waals surface area contributed by atoms with E-state index in [0.29, 0.717) is 0 Å². The van der Waals surface area contributed by atoms with Gasteiger partial charge in [-0.25, -0.2) is 9.97 Å². The summed E-state index contributed by atoms with van der Waals surface area (Å²) in [7, 11) is 0. The molecule has 0 saturated heterocycles. The molecular formula is C21H30N2. The van der Waals surface area contributed by atoms with Gasteiger partial charge < -0.3 is 0 Å². The van der Waals surface area contributed by atoms with Crippen molar-refractivity contribution in [2.75, 3.05) is 0 Å². The quantitative estimate of drug-likeness (QED) is 0.503. The lowest BCUT2D eigenvalue weighted by Gasteiger charge is -2.12. The first-order valence-corrected chi connectivity index (χ1v) is 9.24. The van der Waals surface area contributed by atoms with Gasteiger partial charge in [0, 0.05) is 11.8 Å². The number of benzene rings is 1. The lowest BCUT2D eigenvalue weighted by atomic mass is 9.95. The van der Waals surface area contributed by atoms with Gasteiger partial charge in [-0.15, -0.1) is 0 Å². The second-order valence-electron chi connectivity index (χ2n) is 6.32. The Morgan fingerprint density at radius 2 is 1.48 bits per heavy atom. The van der Waals surface area contributed by atoms with E-state index in [1.165, 1.54) is 61.6 Å². The normalized spacial score (nSPS) is 10.9. The Bertz CT molecular complexity index is 578. The molecule has 0 aliphatic carbocycles. The zero-order valence-corrected chi connectivity index (χ0v) is 14.7. The maximum absolute atomic E-state index is 4.63. The zero-order chi connectivity index (χ0) is 16.3. The van der Waals surface area contributed by atoms with Crippen LogP contribution in [0.1, 0.15) is 69.9 Å². The van der Waals surface area contributed by atoms with Gasteiger partial charge in [0.1, 0.15) is 6.33 Å². The summed E-state index contributed by atoms with van der Waals surface area (Å²) in [6.07, 6.45) is 14.8. The molecule has 0 saturated carbocycles. The second-order valence-corrected chi connectivity index (χ2v) is 6.32. The highest BCUT2D eigenvalue weighted by molar-refractivity contribution is 5.66. The average Bonchev–Trinajstić information content (AvgIpc) is 2.60. The summed E-state index contributed by atoms with van der Waals surface area (Å²) in [5, 5.41) is 0. The summed E-state index contributed by atoms with van der Waals surface area (Å²) >= 11 is 0. The monoisotopic (exact) mass is 310 g/mol. The van der Waals surface area contributed by atoms with E-state index in [2.05, 4.69) is 48.1 Å². The molecule has 2 nitrogen and oxygen atoms in total. The fourth-order valence-electron chi connectivity index (χ4n) is 3.06. The fourth-order valence-corrected chi connectivity index (χ4v) is 3.06. The summed E-state index contributed by atoms with van der Waals surface area (Å²) in [6, 6.07) is 8.75. The average molecular weight is 310 g/mol. The van der Waals surface area contributed by atoms with Crippen molar-refractivity contribution in [1.82, 2.24) is 9.97 Å². The summed E-state index contributed by atoms with van der Waals surface area (Å²) in [4.78, 5) is 8.89. The molecule has 0 amide bonds. The Morgan fingerprint density at radius 3 is 2.30 bits per heavy atom. The molecule has 1 heterocycles. The fraction of sp³-hybridized carbons (Fsp3) is 0.524. The minimum absolute atomic E-state index is 1.08. The van der Waals surface area contributed by atoms with E-state index in [1.54, 1.807) is 6.33 Å². The molecule has 0 radical (unpaired) electrons. The minimum atomic E-state index is 1.08. The first-order valence-electron chi connectivity index (χ1n) is 9.24. The van der Waals surface area contributed by atoms with E-state index >= 15 is 0 Å². The van der Waals surface area contributed by atoms with E-state index in [4.69, 9.17) is 0 Å². The van der Waals surface area contributed by atoms with Gasteiger partial charge in [0.15, 0.2) is 0 Å². The van der Waals surface area contributed by atoms with Gasteiger partial charge in [0.05, 0.1) is 5.69 Å².